The number of rotatable bonds is 5. The summed E-state index contributed by atoms with van der Waals surface area (Å²) in [5.41, 5.74) is 1.62. The number of fused-ring (bicyclic) bond motifs is 3. The highest BCUT2D eigenvalue weighted by atomic mass is 16.5. The third kappa shape index (κ3) is 3.40. The molecule has 1 fully saturated rings. The van der Waals surface area contributed by atoms with Crippen LogP contribution in [0, 0.1) is 0 Å². The second-order valence-corrected chi connectivity index (χ2v) is 7.02. The van der Waals surface area contributed by atoms with E-state index in [1.54, 1.807) is 0 Å². The van der Waals surface area contributed by atoms with Gasteiger partial charge in [0.15, 0.2) is 0 Å². The van der Waals surface area contributed by atoms with Gasteiger partial charge >= 0.3 is 0 Å². The van der Waals surface area contributed by atoms with Gasteiger partial charge in [-0.3, -0.25) is 4.79 Å². The van der Waals surface area contributed by atoms with Crippen LogP contribution in [0.15, 0.2) is 42.5 Å². The smallest absolute Gasteiger partial charge is 0.267 e. The first kappa shape index (κ1) is 16.2. The minimum atomic E-state index is -0.0416. The highest BCUT2D eigenvalue weighted by Crippen LogP contribution is 2.26. The van der Waals surface area contributed by atoms with Crippen LogP contribution in [0.5, 0.6) is 0 Å². The number of aromatic nitrogens is 1. The van der Waals surface area contributed by atoms with E-state index >= 15 is 0 Å². The molecule has 1 saturated heterocycles. The first-order chi connectivity index (χ1) is 12.2. The average Bonchev–Trinajstić information content (AvgIpc) is 3.29. The zero-order chi connectivity index (χ0) is 17.2. The molecule has 2 aromatic carbocycles. The van der Waals surface area contributed by atoms with Crippen molar-refractivity contribution in [1.29, 1.82) is 0 Å². The standard InChI is InChI=1S/C21H24N2O2/c1-14(8-10-16-6-4-12-25-16)22-21(24)20-13-18-17-7-3-2-5-15(17)9-11-19(18)23-20/h2-3,5,7,9,11,13-14,16,23H,4,6,8,10,12H2,1H3,(H,22,24)/t14-,16+/m1/s1. The molecule has 0 aliphatic carbocycles. The lowest BCUT2D eigenvalue weighted by molar-refractivity contribution is 0.0896. The summed E-state index contributed by atoms with van der Waals surface area (Å²) in [6, 6.07) is 14.5. The van der Waals surface area contributed by atoms with Crippen LogP contribution in [0.1, 0.15) is 43.1 Å². The fraction of sp³-hybridized carbons (Fsp3) is 0.381. The molecule has 4 rings (SSSR count). The Hall–Kier alpha value is -2.33. The number of benzene rings is 2. The Bertz CT molecular complexity index is 893. The van der Waals surface area contributed by atoms with E-state index in [9.17, 15) is 4.79 Å². The molecule has 3 aromatic rings. The molecule has 2 N–H and O–H groups in total. The Morgan fingerprint density at radius 2 is 2.16 bits per heavy atom. The first-order valence-corrected chi connectivity index (χ1v) is 9.13. The van der Waals surface area contributed by atoms with Gasteiger partial charge < -0.3 is 15.0 Å². The van der Waals surface area contributed by atoms with Gasteiger partial charge in [0.25, 0.3) is 5.91 Å². The molecule has 0 saturated carbocycles. The maximum absolute atomic E-state index is 12.6. The van der Waals surface area contributed by atoms with E-state index in [1.165, 1.54) is 10.8 Å². The fourth-order valence-corrected chi connectivity index (χ4v) is 3.69. The predicted octanol–water partition coefficient (Wildman–Crippen LogP) is 4.40. The number of H-pyrrole nitrogens is 1. The summed E-state index contributed by atoms with van der Waals surface area (Å²) in [6.45, 7) is 2.94. The summed E-state index contributed by atoms with van der Waals surface area (Å²) >= 11 is 0. The van der Waals surface area contributed by atoms with Crippen molar-refractivity contribution >= 4 is 27.6 Å². The van der Waals surface area contributed by atoms with Crippen LogP contribution < -0.4 is 5.32 Å². The molecular weight excluding hydrogens is 312 g/mol. The van der Waals surface area contributed by atoms with Gasteiger partial charge in [-0.1, -0.05) is 30.3 Å². The summed E-state index contributed by atoms with van der Waals surface area (Å²) in [7, 11) is 0. The molecule has 2 heterocycles. The number of aromatic amines is 1. The number of amides is 1. The number of hydrogen-bond donors (Lipinski definition) is 2. The first-order valence-electron chi connectivity index (χ1n) is 9.13. The van der Waals surface area contributed by atoms with Gasteiger partial charge in [0.1, 0.15) is 5.69 Å². The predicted molar refractivity (Wildman–Crippen MR) is 101 cm³/mol. The van der Waals surface area contributed by atoms with Gasteiger partial charge in [0, 0.05) is 23.6 Å². The Morgan fingerprint density at radius 1 is 1.28 bits per heavy atom. The minimum absolute atomic E-state index is 0.0416. The Kier molecular flexibility index (Phi) is 4.45. The van der Waals surface area contributed by atoms with Crippen molar-refractivity contribution in [1.82, 2.24) is 10.3 Å². The lowest BCUT2D eigenvalue weighted by Gasteiger charge is -2.15. The van der Waals surface area contributed by atoms with Crippen LogP contribution in [0.2, 0.25) is 0 Å². The molecule has 0 radical (unpaired) electrons. The van der Waals surface area contributed by atoms with Gasteiger partial charge in [-0.05, 0) is 55.5 Å². The van der Waals surface area contributed by atoms with Crippen molar-refractivity contribution in [2.75, 3.05) is 6.61 Å². The van der Waals surface area contributed by atoms with E-state index in [-0.39, 0.29) is 11.9 Å². The van der Waals surface area contributed by atoms with E-state index in [2.05, 4.69) is 35.4 Å². The van der Waals surface area contributed by atoms with Gasteiger partial charge in [-0.2, -0.15) is 0 Å². The normalized spacial score (nSPS) is 18.7. The zero-order valence-electron chi connectivity index (χ0n) is 14.5. The number of hydrogen-bond acceptors (Lipinski definition) is 2. The van der Waals surface area contributed by atoms with Gasteiger partial charge in [0.05, 0.1) is 6.10 Å². The van der Waals surface area contributed by atoms with Crippen LogP contribution >= 0.6 is 0 Å². The summed E-state index contributed by atoms with van der Waals surface area (Å²) in [5, 5.41) is 6.55. The Balaban J connectivity index is 1.47. The highest BCUT2D eigenvalue weighted by molar-refractivity contribution is 6.09. The quantitative estimate of drug-likeness (QED) is 0.725. The molecule has 0 spiro atoms. The minimum Gasteiger partial charge on any atom is -0.378 e. The SMILES string of the molecule is C[C@H](CC[C@@H]1CCCO1)NC(=O)c1cc2c(ccc3ccccc32)[nH]1. The maximum atomic E-state index is 12.6. The molecule has 0 bridgehead atoms. The van der Waals surface area contributed by atoms with Gasteiger partial charge in [-0.25, -0.2) is 0 Å². The van der Waals surface area contributed by atoms with E-state index in [0.29, 0.717) is 11.8 Å². The maximum Gasteiger partial charge on any atom is 0.267 e. The van der Waals surface area contributed by atoms with Crippen LogP contribution in [-0.4, -0.2) is 29.6 Å². The molecule has 2 atom stereocenters. The highest BCUT2D eigenvalue weighted by Gasteiger charge is 2.18. The molecule has 1 aliphatic heterocycles. The van der Waals surface area contributed by atoms with Crippen molar-refractivity contribution in [2.24, 2.45) is 0 Å². The van der Waals surface area contributed by atoms with Crippen LogP contribution in [0.3, 0.4) is 0 Å². The number of nitrogens with one attached hydrogen (secondary N) is 2. The van der Waals surface area contributed by atoms with Crippen LogP contribution in [0.25, 0.3) is 21.7 Å². The van der Waals surface area contributed by atoms with Crippen molar-refractivity contribution in [3.63, 3.8) is 0 Å². The second-order valence-electron chi connectivity index (χ2n) is 7.02. The van der Waals surface area contributed by atoms with Crippen molar-refractivity contribution in [3.8, 4) is 0 Å². The molecule has 25 heavy (non-hydrogen) atoms. The molecule has 1 aliphatic rings. The van der Waals surface area contributed by atoms with Crippen LogP contribution in [0.4, 0.5) is 0 Å². The Morgan fingerprint density at radius 3 is 3.00 bits per heavy atom. The number of carbonyl (C=O) groups excluding carboxylic acids is 1. The Labute approximate surface area is 147 Å². The lowest BCUT2D eigenvalue weighted by Crippen LogP contribution is -2.33. The van der Waals surface area contributed by atoms with Gasteiger partial charge in [0.2, 0.25) is 0 Å². The van der Waals surface area contributed by atoms with Crippen molar-refractivity contribution < 1.29 is 9.53 Å². The zero-order valence-corrected chi connectivity index (χ0v) is 14.5. The fourth-order valence-electron chi connectivity index (χ4n) is 3.69. The summed E-state index contributed by atoms with van der Waals surface area (Å²) < 4.78 is 5.65. The number of carbonyl (C=O) groups is 1. The molecule has 0 unspecified atom stereocenters. The van der Waals surface area contributed by atoms with Crippen molar-refractivity contribution in [3.05, 3.63) is 48.2 Å². The third-order valence-corrected chi connectivity index (χ3v) is 5.10. The molecular formula is C21H24N2O2. The molecule has 4 heteroatoms. The molecule has 1 amide bonds. The van der Waals surface area contributed by atoms with E-state index < -0.39 is 0 Å². The van der Waals surface area contributed by atoms with Crippen LogP contribution in [-0.2, 0) is 4.74 Å². The summed E-state index contributed by atoms with van der Waals surface area (Å²) in [5.74, 6) is -0.0416. The molecule has 130 valence electrons. The number of ether oxygens (including phenoxy) is 1. The van der Waals surface area contributed by atoms with Gasteiger partial charge in [-0.15, -0.1) is 0 Å². The van der Waals surface area contributed by atoms with Crippen molar-refractivity contribution in [2.45, 2.75) is 44.8 Å². The lowest BCUT2D eigenvalue weighted by atomic mass is 10.1. The summed E-state index contributed by atoms with van der Waals surface area (Å²) in [6.07, 6.45) is 4.64. The average molecular weight is 336 g/mol. The summed E-state index contributed by atoms with van der Waals surface area (Å²) in [4.78, 5) is 15.8. The molecule has 4 nitrogen and oxygen atoms in total. The second kappa shape index (κ2) is 6.89. The monoisotopic (exact) mass is 336 g/mol. The van der Waals surface area contributed by atoms with E-state index in [1.807, 2.05) is 24.3 Å². The topological polar surface area (TPSA) is 54.1 Å². The largest absolute Gasteiger partial charge is 0.378 e. The van der Waals surface area contributed by atoms with E-state index in [4.69, 9.17) is 4.74 Å². The molecule has 1 aromatic heterocycles. The van der Waals surface area contributed by atoms with E-state index in [0.717, 1.165) is 43.2 Å². The third-order valence-electron chi connectivity index (χ3n) is 5.10.